The monoisotopic (exact) mass is 131 g/mol. The Kier molecular flexibility index (Phi) is 1.72. The highest BCUT2D eigenvalue weighted by Crippen LogP contribution is 2.07. The maximum Gasteiger partial charge on any atom is 0.176 e. The molecule has 2 unspecified atom stereocenters. The van der Waals surface area contributed by atoms with Gasteiger partial charge < -0.3 is 5.11 Å². The van der Waals surface area contributed by atoms with Crippen LogP contribution in [0.2, 0.25) is 0 Å². The van der Waals surface area contributed by atoms with Crippen LogP contribution in [0.1, 0.15) is 6.92 Å². The van der Waals surface area contributed by atoms with E-state index in [9.17, 15) is 0 Å². The zero-order chi connectivity index (χ0) is 7.02. The van der Waals surface area contributed by atoms with E-state index in [1.807, 2.05) is 30.9 Å². The molecule has 1 rings (SSSR count). The van der Waals surface area contributed by atoms with Crippen molar-refractivity contribution in [2.24, 2.45) is 0 Å². The van der Waals surface area contributed by atoms with E-state index in [1.165, 1.54) is 0 Å². The molecule has 1 saturated heterocycles. The number of hydrogen-bond donors (Lipinski definition) is 2. The van der Waals surface area contributed by atoms with Gasteiger partial charge >= 0.3 is 0 Å². The molecule has 2 atom stereocenters. The second-order valence-corrected chi connectivity index (χ2v) is 2.41. The molecule has 0 saturated carbocycles. The molecule has 0 bridgehead atoms. The van der Waals surface area contributed by atoms with Crippen molar-refractivity contribution < 1.29 is 5.11 Å². The van der Waals surface area contributed by atoms with E-state index in [2.05, 4.69) is 5.43 Å². The Morgan fingerprint density at radius 1 is 1.44 bits per heavy atom. The maximum absolute atomic E-state index is 9.11. The van der Waals surface area contributed by atoms with Crippen LogP contribution in [0.5, 0.6) is 0 Å². The number of hydrazine groups is 1. The van der Waals surface area contributed by atoms with Crippen molar-refractivity contribution in [2.45, 2.75) is 19.4 Å². The Bertz CT molecular complexity index is 96.4. The van der Waals surface area contributed by atoms with Gasteiger partial charge in [0.15, 0.2) is 6.35 Å². The number of hydrogen-bond acceptors (Lipinski definition) is 4. The van der Waals surface area contributed by atoms with Crippen LogP contribution >= 0.6 is 0 Å². The van der Waals surface area contributed by atoms with Gasteiger partial charge in [0.05, 0.1) is 6.17 Å². The molecule has 0 aromatic heterocycles. The fourth-order valence-electron chi connectivity index (χ4n) is 0.859. The third kappa shape index (κ3) is 1.07. The van der Waals surface area contributed by atoms with Crippen molar-refractivity contribution in [3.05, 3.63) is 0 Å². The van der Waals surface area contributed by atoms with E-state index in [-0.39, 0.29) is 6.17 Å². The number of nitrogens with one attached hydrogen (secondary N) is 1. The molecule has 9 heavy (non-hydrogen) atoms. The fraction of sp³-hybridized carbons (Fsp3) is 1.00. The molecule has 4 heteroatoms. The Morgan fingerprint density at radius 2 is 2.00 bits per heavy atom. The molecule has 4 nitrogen and oxygen atoms in total. The maximum atomic E-state index is 9.11. The van der Waals surface area contributed by atoms with Crippen molar-refractivity contribution in [3.63, 3.8) is 0 Å². The molecule has 0 spiro atoms. The molecule has 0 radical (unpaired) electrons. The lowest BCUT2D eigenvalue weighted by atomic mass is 10.5. The number of aliphatic hydroxyl groups excluding tert-OH is 1. The Labute approximate surface area is 55.0 Å². The SMILES string of the molecule is CC1N(C)NC(O)N1C. The summed E-state index contributed by atoms with van der Waals surface area (Å²) < 4.78 is 0. The van der Waals surface area contributed by atoms with Gasteiger partial charge in [-0.1, -0.05) is 0 Å². The van der Waals surface area contributed by atoms with Crippen LogP contribution in [0.25, 0.3) is 0 Å². The zero-order valence-corrected chi connectivity index (χ0v) is 6.00. The third-order valence-electron chi connectivity index (χ3n) is 1.85. The van der Waals surface area contributed by atoms with Gasteiger partial charge in [0, 0.05) is 7.05 Å². The van der Waals surface area contributed by atoms with E-state index < -0.39 is 6.35 Å². The van der Waals surface area contributed by atoms with Gasteiger partial charge in [0.25, 0.3) is 0 Å². The van der Waals surface area contributed by atoms with Crippen molar-refractivity contribution in [1.29, 1.82) is 0 Å². The van der Waals surface area contributed by atoms with E-state index >= 15 is 0 Å². The molecule has 1 heterocycles. The first-order valence-corrected chi connectivity index (χ1v) is 3.02. The summed E-state index contributed by atoms with van der Waals surface area (Å²) in [5.41, 5.74) is 2.83. The summed E-state index contributed by atoms with van der Waals surface area (Å²) in [6, 6.07) is 0. The van der Waals surface area contributed by atoms with Crippen molar-refractivity contribution in [3.8, 4) is 0 Å². The summed E-state index contributed by atoms with van der Waals surface area (Å²) in [6.07, 6.45) is -0.259. The predicted molar refractivity (Wildman–Crippen MR) is 34.1 cm³/mol. The van der Waals surface area contributed by atoms with Gasteiger partial charge in [-0.05, 0) is 14.0 Å². The van der Waals surface area contributed by atoms with Gasteiger partial charge in [-0.3, -0.25) is 4.90 Å². The van der Waals surface area contributed by atoms with Crippen LogP contribution in [0.15, 0.2) is 0 Å². The lowest BCUT2D eigenvalue weighted by molar-refractivity contribution is 0.0255. The minimum atomic E-state index is -0.523. The summed E-state index contributed by atoms with van der Waals surface area (Å²) in [5.74, 6) is 0. The second-order valence-electron chi connectivity index (χ2n) is 2.41. The smallest absolute Gasteiger partial charge is 0.176 e. The average molecular weight is 131 g/mol. The van der Waals surface area contributed by atoms with Crippen molar-refractivity contribution >= 4 is 0 Å². The van der Waals surface area contributed by atoms with Crippen LogP contribution in [-0.4, -0.2) is 41.6 Å². The van der Waals surface area contributed by atoms with Gasteiger partial charge in [-0.15, -0.1) is 0 Å². The summed E-state index contributed by atoms with van der Waals surface area (Å²) in [5, 5.41) is 11.0. The van der Waals surface area contributed by atoms with Gasteiger partial charge in [0.1, 0.15) is 0 Å². The summed E-state index contributed by atoms with van der Waals surface area (Å²) in [6.45, 7) is 2.02. The molecular formula is C5H13N3O. The predicted octanol–water partition coefficient (Wildman–Crippen LogP) is -1.01. The largest absolute Gasteiger partial charge is 0.364 e. The van der Waals surface area contributed by atoms with E-state index in [4.69, 9.17) is 5.11 Å². The van der Waals surface area contributed by atoms with Gasteiger partial charge in [0.2, 0.25) is 0 Å². The normalized spacial score (nSPS) is 40.0. The minimum absolute atomic E-state index is 0.264. The first-order chi connectivity index (χ1) is 4.13. The highest BCUT2D eigenvalue weighted by atomic mass is 16.3. The zero-order valence-electron chi connectivity index (χ0n) is 6.00. The van der Waals surface area contributed by atoms with Gasteiger partial charge in [-0.25, -0.2) is 10.4 Å². The molecule has 0 amide bonds. The van der Waals surface area contributed by atoms with Crippen LogP contribution in [-0.2, 0) is 0 Å². The molecule has 1 aliphatic heterocycles. The first kappa shape index (κ1) is 6.95. The first-order valence-electron chi connectivity index (χ1n) is 3.02. The highest BCUT2D eigenvalue weighted by Gasteiger charge is 2.28. The quantitative estimate of drug-likeness (QED) is 0.442. The third-order valence-corrected chi connectivity index (χ3v) is 1.85. The van der Waals surface area contributed by atoms with Crippen LogP contribution in [0, 0.1) is 0 Å². The van der Waals surface area contributed by atoms with E-state index in [1.54, 1.807) is 0 Å². The van der Waals surface area contributed by atoms with E-state index in [0.29, 0.717) is 0 Å². The number of nitrogens with zero attached hydrogens (tertiary/aromatic N) is 2. The highest BCUT2D eigenvalue weighted by molar-refractivity contribution is 4.68. The minimum Gasteiger partial charge on any atom is -0.364 e. The molecule has 0 aromatic rings. The molecule has 0 aliphatic carbocycles. The number of rotatable bonds is 0. The van der Waals surface area contributed by atoms with Crippen LogP contribution in [0.3, 0.4) is 0 Å². The van der Waals surface area contributed by atoms with Crippen molar-refractivity contribution in [1.82, 2.24) is 15.3 Å². The second kappa shape index (κ2) is 2.22. The van der Waals surface area contributed by atoms with Crippen LogP contribution < -0.4 is 5.43 Å². The molecule has 2 N–H and O–H groups in total. The Hall–Kier alpha value is -0.160. The van der Waals surface area contributed by atoms with Crippen molar-refractivity contribution in [2.75, 3.05) is 14.1 Å². The average Bonchev–Trinajstić information content (AvgIpc) is 1.98. The van der Waals surface area contributed by atoms with Crippen LogP contribution in [0.4, 0.5) is 0 Å². The topological polar surface area (TPSA) is 38.7 Å². The Balaban J connectivity index is 2.54. The molecule has 1 aliphatic rings. The van der Waals surface area contributed by atoms with E-state index in [0.717, 1.165) is 0 Å². The molecule has 54 valence electrons. The molecular weight excluding hydrogens is 118 g/mol. The Morgan fingerprint density at radius 3 is 2.11 bits per heavy atom. The fourth-order valence-corrected chi connectivity index (χ4v) is 0.859. The van der Waals surface area contributed by atoms with Gasteiger partial charge in [-0.2, -0.15) is 0 Å². The number of aliphatic hydroxyl groups is 1. The standard InChI is InChI=1S/C5H13N3O/c1-4-7(2)5(9)6-8(4)3/h4-6,9H,1-3H3. The molecule has 1 fully saturated rings. The lowest BCUT2D eigenvalue weighted by Gasteiger charge is -2.17. The molecule has 0 aromatic carbocycles. The summed E-state index contributed by atoms with van der Waals surface area (Å²) >= 11 is 0. The summed E-state index contributed by atoms with van der Waals surface area (Å²) in [4.78, 5) is 1.83. The summed E-state index contributed by atoms with van der Waals surface area (Å²) in [7, 11) is 3.77. The lowest BCUT2D eigenvalue weighted by Crippen LogP contribution is -2.34.